The Balaban J connectivity index is 2.07. The zero-order chi connectivity index (χ0) is 12.3. The summed E-state index contributed by atoms with van der Waals surface area (Å²) in [6.07, 6.45) is 1.75. The van der Waals surface area contributed by atoms with E-state index in [9.17, 15) is 0 Å². The van der Waals surface area contributed by atoms with E-state index in [0.717, 1.165) is 24.4 Å². The van der Waals surface area contributed by atoms with Gasteiger partial charge in [-0.3, -0.25) is 0 Å². The Labute approximate surface area is 101 Å². The maximum Gasteiger partial charge on any atom is 0.161 e. The molecule has 0 saturated carbocycles. The summed E-state index contributed by atoms with van der Waals surface area (Å²) in [6, 6.07) is 10.6. The summed E-state index contributed by atoms with van der Waals surface area (Å²) in [5, 5.41) is 8.93. The SMILES string of the molecule is Cc1ccc(CCc2[nH]c(C)nc2C#N)cc1. The fourth-order valence-corrected chi connectivity index (χ4v) is 1.84. The third kappa shape index (κ3) is 2.73. The van der Waals surface area contributed by atoms with Gasteiger partial charge in [0.25, 0.3) is 0 Å². The van der Waals surface area contributed by atoms with Crippen LogP contribution >= 0.6 is 0 Å². The number of benzene rings is 1. The van der Waals surface area contributed by atoms with E-state index < -0.39 is 0 Å². The molecule has 0 bridgehead atoms. The van der Waals surface area contributed by atoms with Crippen molar-refractivity contribution in [1.82, 2.24) is 9.97 Å². The summed E-state index contributed by atoms with van der Waals surface area (Å²) < 4.78 is 0. The fraction of sp³-hybridized carbons (Fsp3) is 0.286. The third-order valence-electron chi connectivity index (χ3n) is 2.79. The Kier molecular flexibility index (Phi) is 3.24. The van der Waals surface area contributed by atoms with Gasteiger partial charge in [0.1, 0.15) is 11.9 Å². The number of hydrogen-bond acceptors (Lipinski definition) is 2. The smallest absolute Gasteiger partial charge is 0.161 e. The van der Waals surface area contributed by atoms with Crippen molar-refractivity contribution in [1.29, 1.82) is 5.26 Å². The number of imidazole rings is 1. The van der Waals surface area contributed by atoms with Crippen LogP contribution in [0.5, 0.6) is 0 Å². The average molecular weight is 225 g/mol. The van der Waals surface area contributed by atoms with E-state index in [1.165, 1.54) is 11.1 Å². The van der Waals surface area contributed by atoms with Crippen molar-refractivity contribution in [2.75, 3.05) is 0 Å². The number of aromatic amines is 1. The molecule has 0 aliphatic heterocycles. The van der Waals surface area contributed by atoms with Crippen LogP contribution in [0.4, 0.5) is 0 Å². The largest absolute Gasteiger partial charge is 0.345 e. The number of hydrogen-bond donors (Lipinski definition) is 1. The minimum Gasteiger partial charge on any atom is -0.345 e. The fourth-order valence-electron chi connectivity index (χ4n) is 1.84. The first kappa shape index (κ1) is 11.4. The van der Waals surface area contributed by atoms with E-state index in [1.807, 2.05) is 6.92 Å². The summed E-state index contributed by atoms with van der Waals surface area (Å²) in [7, 11) is 0. The highest BCUT2D eigenvalue weighted by atomic mass is 14.9. The second-order valence-electron chi connectivity index (χ2n) is 4.25. The molecule has 3 heteroatoms. The molecule has 0 saturated heterocycles. The summed E-state index contributed by atoms with van der Waals surface area (Å²) in [5.41, 5.74) is 4.01. The Hall–Kier alpha value is -2.08. The molecular weight excluding hydrogens is 210 g/mol. The van der Waals surface area contributed by atoms with E-state index in [1.54, 1.807) is 0 Å². The van der Waals surface area contributed by atoms with Crippen molar-refractivity contribution in [2.45, 2.75) is 26.7 Å². The van der Waals surface area contributed by atoms with E-state index in [4.69, 9.17) is 5.26 Å². The van der Waals surface area contributed by atoms with Crippen molar-refractivity contribution >= 4 is 0 Å². The van der Waals surface area contributed by atoms with Crippen molar-refractivity contribution in [3.63, 3.8) is 0 Å². The number of H-pyrrole nitrogens is 1. The molecule has 0 atom stereocenters. The standard InChI is InChI=1S/C14H15N3/c1-10-3-5-12(6-4-10)7-8-13-14(9-15)17-11(2)16-13/h3-6H,7-8H2,1-2H3,(H,16,17). The molecule has 2 rings (SSSR count). The molecule has 1 aromatic carbocycles. The van der Waals surface area contributed by atoms with Crippen molar-refractivity contribution in [2.24, 2.45) is 0 Å². The van der Waals surface area contributed by atoms with Gasteiger partial charge in [-0.2, -0.15) is 5.26 Å². The topological polar surface area (TPSA) is 52.5 Å². The van der Waals surface area contributed by atoms with Gasteiger partial charge in [-0.05, 0) is 32.3 Å². The van der Waals surface area contributed by atoms with Gasteiger partial charge in [0, 0.05) is 0 Å². The van der Waals surface area contributed by atoms with Crippen LogP contribution in [0.15, 0.2) is 24.3 Å². The number of nitrogens with one attached hydrogen (secondary N) is 1. The highest BCUT2D eigenvalue weighted by Gasteiger charge is 2.07. The molecular formula is C14H15N3. The van der Waals surface area contributed by atoms with Crippen LogP contribution in [0.25, 0.3) is 0 Å². The Morgan fingerprint density at radius 1 is 1.18 bits per heavy atom. The minimum absolute atomic E-state index is 0.523. The molecule has 17 heavy (non-hydrogen) atoms. The second kappa shape index (κ2) is 4.84. The van der Waals surface area contributed by atoms with Gasteiger partial charge in [0.05, 0.1) is 5.69 Å². The number of nitrogens with zero attached hydrogens (tertiary/aromatic N) is 2. The lowest BCUT2D eigenvalue weighted by molar-refractivity contribution is 0.915. The molecule has 0 spiro atoms. The normalized spacial score (nSPS) is 10.2. The summed E-state index contributed by atoms with van der Waals surface area (Å²) >= 11 is 0. The van der Waals surface area contributed by atoms with Crippen LogP contribution in [0.1, 0.15) is 28.3 Å². The maximum absolute atomic E-state index is 8.93. The van der Waals surface area contributed by atoms with Crippen LogP contribution in [0.3, 0.4) is 0 Å². The third-order valence-corrected chi connectivity index (χ3v) is 2.79. The lowest BCUT2D eigenvalue weighted by Crippen LogP contribution is -1.94. The first-order valence-corrected chi connectivity index (χ1v) is 5.70. The molecule has 1 heterocycles. The highest BCUT2D eigenvalue weighted by molar-refractivity contribution is 5.29. The van der Waals surface area contributed by atoms with Crippen molar-refractivity contribution in [3.8, 4) is 6.07 Å². The zero-order valence-corrected chi connectivity index (χ0v) is 10.1. The maximum atomic E-state index is 8.93. The number of rotatable bonds is 3. The monoisotopic (exact) mass is 225 g/mol. The lowest BCUT2D eigenvalue weighted by Gasteiger charge is -2.01. The van der Waals surface area contributed by atoms with Gasteiger partial charge in [-0.25, -0.2) is 4.98 Å². The Morgan fingerprint density at radius 3 is 2.53 bits per heavy atom. The molecule has 86 valence electrons. The molecule has 0 amide bonds. The quantitative estimate of drug-likeness (QED) is 0.873. The van der Waals surface area contributed by atoms with Crippen LogP contribution in [0.2, 0.25) is 0 Å². The predicted molar refractivity (Wildman–Crippen MR) is 66.6 cm³/mol. The highest BCUT2D eigenvalue weighted by Crippen LogP contribution is 2.10. The zero-order valence-electron chi connectivity index (χ0n) is 10.1. The van der Waals surface area contributed by atoms with Gasteiger partial charge in [-0.15, -0.1) is 0 Å². The lowest BCUT2D eigenvalue weighted by atomic mass is 10.1. The van der Waals surface area contributed by atoms with E-state index >= 15 is 0 Å². The second-order valence-corrected chi connectivity index (χ2v) is 4.25. The van der Waals surface area contributed by atoms with Crippen molar-refractivity contribution in [3.05, 3.63) is 52.6 Å². The number of aryl methyl sites for hydroxylation is 4. The molecule has 0 aliphatic carbocycles. The average Bonchev–Trinajstić information content (AvgIpc) is 2.69. The molecule has 0 radical (unpaired) electrons. The molecule has 0 fully saturated rings. The number of nitriles is 1. The first-order valence-electron chi connectivity index (χ1n) is 5.70. The minimum atomic E-state index is 0.523. The summed E-state index contributed by atoms with van der Waals surface area (Å²) in [6.45, 7) is 3.95. The summed E-state index contributed by atoms with van der Waals surface area (Å²) in [4.78, 5) is 7.28. The van der Waals surface area contributed by atoms with Gasteiger partial charge in [-0.1, -0.05) is 29.8 Å². The van der Waals surface area contributed by atoms with Crippen LogP contribution < -0.4 is 0 Å². The van der Waals surface area contributed by atoms with Gasteiger partial charge in [0.2, 0.25) is 0 Å². The van der Waals surface area contributed by atoms with Crippen molar-refractivity contribution < 1.29 is 0 Å². The molecule has 0 unspecified atom stereocenters. The van der Waals surface area contributed by atoms with Gasteiger partial charge >= 0.3 is 0 Å². The molecule has 3 nitrogen and oxygen atoms in total. The number of aromatic nitrogens is 2. The molecule has 2 aromatic rings. The predicted octanol–water partition coefficient (Wildman–Crippen LogP) is 2.68. The van der Waals surface area contributed by atoms with Crippen LogP contribution in [-0.4, -0.2) is 9.97 Å². The Morgan fingerprint density at radius 2 is 1.88 bits per heavy atom. The van der Waals surface area contributed by atoms with E-state index in [2.05, 4.69) is 47.2 Å². The molecule has 1 N–H and O–H groups in total. The van der Waals surface area contributed by atoms with Crippen LogP contribution in [0, 0.1) is 25.2 Å². The first-order chi connectivity index (χ1) is 8.19. The molecule has 1 aromatic heterocycles. The van der Waals surface area contributed by atoms with Crippen LogP contribution in [-0.2, 0) is 12.8 Å². The Bertz CT molecular complexity index is 544. The van der Waals surface area contributed by atoms with E-state index in [0.29, 0.717) is 5.69 Å². The summed E-state index contributed by atoms with van der Waals surface area (Å²) in [5.74, 6) is 0.806. The van der Waals surface area contributed by atoms with Gasteiger partial charge in [0.15, 0.2) is 5.69 Å². The van der Waals surface area contributed by atoms with Gasteiger partial charge < -0.3 is 4.98 Å². The van der Waals surface area contributed by atoms with E-state index in [-0.39, 0.29) is 0 Å². The molecule has 0 aliphatic rings.